The van der Waals surface area contributed by atoms with Crippen LogP contribution in [-0.4, -0.2) is 65.0 Å². The number of rotatable bonds is 7. The summed E-state index contributed by atoms with van der Waals surface area (Å²) < 4.78 is 13.0. The lowest BCUT2D eigenvalue weighted by atomic mass is 10.2. The Morgan fingerprint density at radius 1 is 1.16 bits per heavy atom. The molecule has 162 valence electrons. The van der Waals surface area contributed by atoms with Crippen LogP contribution in [0.25, 0.3) is 11.4 Å². The fourth-order valence-electron chi connectivity index (χ4n) is 3.32. The van der Waals surface area contributed by atoms with E-state index in [-0.39, 0.29) is 5.91 Å². The summed E-state index contributed by atoms with van der Waals surface area (Å²) in [5.74, 6) is 0.247. The summed E-state index contributed by atoms with van der Waals surface area (Å²) in [6, 6.07) is 12.1. The first-order chi connectivity index (χ1) is 15.1. The number of amides is 1. The van der Waals surface area contributed by atoms with Gasteiger partial charge in [0.25, 0.3) is 5.91 Å². The van der Waals surface area contributed by atoms with E-state index in [0.29, 0.717) is 34.5 Å². The van der Waals surface area contributed by atoms with Crippen molar-refractivity contribution in [3.63, 3.8) is 0 Å². The Kier molecular flexibility index (Phi) is 6.81. The lowest BCUT2D eigenvalue weighted by Crippen LogP contribution is -2.38. The van der Waals surface area contributed by atoms with Gasteiger partial charge in [0.1, 0.15) is 12.3 Å². The molecule has 0 spiro atoms. The second-order valence-electron chi connectivity index (χ2n) is 7.15. The second kappa shape index (κ2) is 9.91. The number of carbonyl (C=O) groups is 1. The molecule has 3 aromatic rings. The molecule has 1 saturated heterocycles. The molecule has 1 aliphatic rings. The normalized spacial score (nSPS) is 14.4. The molecule has 3 heterocycles. The number of benzene rings is 1. The van der Waals surface area contributed by atoms with Crippen LogP contribution in [0.1, 0.15) is 10.4 Å². The van der Waals surface area contributed by atoms with Gasteiger partial charge in [-0.15, -0.1) is 0 Å². The Hall–Kier alpha value is -2.94. The number of morpholine rings is 1. The molecule has 0 aliphatic carbocycles. The topological polar surface area (TPSA) is 81.5 Å². The quantitative estimate of drug-likeness (QED) is 0.606. The number of aromatic nitrogens is 3. The molecule has 8 nitrogen and oxygen atoms in total. The van der Waals surface area contributed by atoms with Crippen LogP contribution in [0.4, 0.5) is 5.69 Å². The number of halogens is 1. The smallest absolute Gasteiger partial charge is 0.255 e. The maximum atomic E-state index is 12.7. The lowest BCUT2D eigenvalue weighted by Gasteiger charge is -2.26. The van der Waals surface area contributed by atoms with Crippen LogP contribution in [0.3, 0.4) is 0 Å². The van der Waals surface area contributed by atoms with Gasteiger partial charge in [-0.2, -0.15) is 5.10 Å². The number of aryl methyl sites for hydroxylation is 1. The average molecular weight is 442 g/mol. The van der Waals surface area contributed by atoms with Gasteiger partial charge in [-0.3, -0.25) is 14.4 Å². The lowest BCUT2D eigenvalue weighted by molar-refractivity contribution is 0.0320. The minimum atomic E-state index is -0.247. The number of nitrogens with one attached hydrogen (secondary N) is 1. The number of ether oxygens (including phenoxy) is 2. The van der Waals surface area contributed by atoms with Crippen LogP contribution in [-0.2, 0) is 11.8 Å². The average Bonchev–Trinajstić information content (AvgIpc) is 3.21. The predicted molar refractivity (Wildman–Crippen MR) is 119 cm³/mol. The van der Waals surface area contributed by atoms with Crippen molar-refractivity contribution < 1.29 is 14.3 Å². The highest BCUT2D eigenvalue weighted by Crippen LogP contribution is 2.28. The van der Waals surface area contributed by atoms with Gasteiger partial charge >= 0.3 is 0 Å². The molecule has 1 fully saturated rings. The van der Waals surface area contributed by atoms with Crippen molar-refractivity contribution >= 4 is 23.2 Å². The number of anilines is 1. The number of pyridine rings is 1. The SMILES string of the molecule is Cn1nccc1-c1nc(OCCN2CCOCC2)ccc1NC(=O)c1ccc(Cl)cc1. The number of carbonyl (C=O) groups excluding carboxylic acids is 1. The van der Waals surface area contributed by atoms with Crippen molar-refractivity contribution in [1.82, 2.24) is 19.7 Å². The fourth-order valence-corrected chi connectivity index (χ4v) is 3.45. The molecule has 1 aromatic carbocycles. The molecular weight excluding hydrogens is 418 g/mol. The Morgan fingerprint density at radius 3 is 2.65 bits per heavy atom. The van der Waals surface area contributed by atoms with Crippen LogP contribution in [0, 0.1) is 0 Å². The third-order valence-corrected chi connectivity index (χ3v) is 5.30. The van der Waals surface area contributed by atoms with Crippen molar-refractivity contribution in [2.75, 3.05) is 44.8 Å². The summed E-state index contributed by atoms with van der Waals surface area (Å²) in [7, 11) is 1.83. The van der Waals surface area contributed by atoms with E-state index >= 15 is 0 Å². The van der Waals surface area contributed by atoms with E-state index < -0.39 is 0 Å². The molecule has 31 heavy (non-hydrogen) atoms. The molecule has 0 atom stereocenters. The highest BCUT2D eigenvalue weighted by molar-refractivity contribution is 6.30. The molecular formula is C22H24ClN5O3. The molecule has 4 rings (SSSR count). The number of nitrogens with zero attached hydrogens (tertiary/aromatic N) is 4. The Labute approximate surface area is 185 Å². The van der Waals surface area contributed by atoms with E-state index in [1.54, 1.807) is 47.3 Å². The minimum Gasteiger partial charge on any atom is -0.476 e. The van der Waals surface area contributed by atoms with Crippen LogP contribution >= 0.6 is 11.6 Å². The summed E-state index contributed by atoms with van der Waals surface area (Å²) in [5.41, 5.74) is 2.44. The minimum absolute atomic E-state index is 0.247. The molecule has 0 unspecified atom stereocenters. The third-order valence-electron chi connectivity index (χ3n) is 5.05. The molecule has 1 aliphatic heterocycles. The molecule has 2 aromatic heterocycles. The summed E-state index contributed by atoms with van der Waals surface area (Å²) >= 11 is 5.92. The van der Waals surface area contributed by atoms with Crippen molar-refractivity contribution in [2.24, 2.45) is 7.05 Å². The first-order valence-corrected chi connectivity index (χ1v) is 10.5. The number of hydrogen-bond donors (Lipinski definition) is 1. The van der Waals surface area contributed by atoms with E-state index in [1.807, 2.05) is 13.1 Å². The summed E-state index contributed by atoms with van der Waals surface area (Å²) in [4.78, 5) is 19.7. The maximum Gasteiger partial charge on any atom is 0.255 e. The summed E-state index contributed by atoms with van der Waals surface area (Å²) in [5, 5.41) is 7.73. The van der Waals surface area contributed by atoms with Crippen LogP contribution in [0.15, 0.2) is 48.7 Å². The maximum absolute atomic E-state index is 12.7. The Balaban J connectivity index is 1.51. The van der Waals surface area contributed by atoms with Gasteiger partial charge in [0, 0.05) is 49.5 Å². The van der Waals surface area contributed by atoms with Crippen molar-refractivity contribution in [3.8, 4) is 17.3 Å². The van der Waals surface area contributed by atoms with Gasteiger partial charge in [0.05, 0.1) is 24.6 Å². The standard InChI is InChI=1S/C22H24ClN5O3/c1-27-19(8-9-24-27)21-18(25-22(29)16-2-4-17(23)5-3-16)6-7-20(26-21)31-15-12-28-10-13-30-14-11-28/h2-9H,10-15H2,1H3,(H,25,29). The molecule has 1 amide bonds. The summed E-state index contributed by atoms with van der Waals surface area (Å²) in [6.07, 6.45) is 1.69. The van der Waals surface area contributed by atoms with Crippen LogP contribution < -0.4 is 10.1 Å². The fraction of sp³-hybridized carbons (Fsp3) is 0.318. The Bertz CT molecular complexity index is 1030. The van der Waals surface area contributed by atoms with E-state index in [2.05, 4.69) is 20.3 Å². The highest BCUT2D eigenvalue weighted by Gasteiger charge is 2.16. The zero-order chi connectivity index (χ0) is 21.6. The molecule has 1 N–H and O–H groups in total. The van der Waals surface area contributed by atoms with E-state index in [4.69, 9.17) is 21.1 Å². The molecule has 0 bridgehead atoms. The van der Waals surface area contributed by atoms with Crippen LogP contribution in [0.2, 0.25) is 5.02 Å². The molecule has 0 saturated carbocycles. The van der Waals surface area contributed by atoms with E-state index in [0.717, 1.165) is 38.5 Å². The molecule has 0 radical (unpaired) electrons. The van der Waals surface area contributed by atoms with Crippen molar-refractivity contribution in [3.05, 3.63) is 59.2 Å². The second-order valence-corrected chi connectivity index (χ2v) is 7.59. The van der Waals surface area contributed by atoms with Crippen molar-refractivity contribution in [2.45, 2.75) is 0 Å². The first kappa shape index (κ1) is 21.3. The third kappa shape index (κ3) is 5.41. The van der Waals surface area contributed by atoms with E-state index in [9.17, 15) is 4.79 Å². The highest BCUT2D eigenvalue weighted by atomic mass is 35.5. The van der Waals surface area contributed by atoms with Gasteiger partial charge in [-0.25, -0.2) is 4.98 Å². The zero-order valence-electron chi connectivity index (χ0n) is 17.3. The first-order valence-electron chi connectivity index (χ1n) is 10.1. The summed E-state index contributed by atoms with van der Waals surface area (Å²) in [6.45, 7) is 4.66. The predicted octanol–water partition coefficient (Wildman–Crippen LogP) is 3.10. The van der Waals surface area contributed by atoms with Gasteiger partial charge in [-0.05, 0) is 36.4 Å². The Morgan fingerprint density at radius 2 is 1.94 bits per heavy atom. The van der Waals surface area contributed by atoms with Gasteiger partial charge in [0.2, 0.25) is 5.88 Å². The van der Waals surface area contributed by atoms with Gasteiger partial charge < -0.3 is 14.8 Å². The van der Waals surface area contributed by atoms with E-state index in [1.165, 1.54) is 0 Å². The monoisotopic (exact) mass is 441 g/mol. The number of hydrogen-bond acceptors (Lipinski definition) is 6. The van der Waals surface area contributed by atoms with Crippen LogP contribution in [0.5, 0.6) is 5.88 Å². The van der Waals surface area contributed by atoms with Crippen molar-refractivity contribution in [1.29, 1.82) is 0 Å². The van der Waals surface area contributed by atoms with Gasteiger partial charge in [-0.1, -0.05) is 11.6 Å². The van der Waals surface area contributed by atoms with Gasteiger partial charge in [0.15, 0.2) is 0 Å². The molecule has 9 heteroatoms. The zero-order valence-corrected chi connectivity index (χ0v) is 18.0. The largest absolute Gasteiger partial charge is 0.476 e.